The molecule has 18 heavy (non-hydrogen) atoms. The number of hydrogen-bond acceptors (Lipinski definition) is 6. The Morgan fingerprint density at radius 2 is 2.17 bits per heavy atom. The van der Waals surface area contributed by atoms with Crippen LogP contribution in [0.15, 0.2) is 11.8 Å². The van der Waals surface area contributed by atoms with Gasteiger partial charge in [-0.2, -0.15) is 5.26 Å². The van der Waals surface area contributed by atoms with Crippen molar-refractivity contribution in [2.24, 2.45) is 0 Å². The molecule has 0 radical (unpaired) electrons. The average Bonchev–Trinajstić information content (AvgIpc) is 2.35. The molecule has 0 bridgehead atoms. The zero-order valence-corrected chi connectivity index (χ0v) is 10.5. The summed E-state index contributed by atoms with van der Waals surface area (Å²) in [5.74, 6) is -0.975. The lowest BCUT2D eigenvalue weighted by molar-refractivity contribution is -0.141. The molecule has 2 N–H and O–H groups in total. The molecule has 0 aromatic carbocycles. The van der Waals surface area contributed by atoms with Crippen LogP contribution in [0.2, 0.25) is 0 Å². The molecule has 0 aliphatic rings. The molecule has 7 heteroatoms. The number of nitrogens with zero attached hydrogens (tertiary/aromatic N) is 1. The Balaban J connectivity index is 4.11. The second-order valence-electron chi connectivity index (χ2n) is 3.10. The van der Waals surface area contributed by atoms with Crippen LogP contribution in [0.25, 0.3) is 0 Å². The molecule has 0 spiro atoms. The fourth-order valence-electron chi connectivity index (χ4n) is 0.959. The van der Waals surface area contributed by atoms with Crippen molar-refractivity contribution in [1.82, 2.24) is 10.6 Å². The van der Waals surface area contributed by atoms with E-state index < -0.39 is 11.9 Å². The minimum Gasteiger partial charge on any atom is -0.465 e. The first-order valence-corrected chi connectivity index (χ1v) is 5.42. The summed E-state index contributed by atoms with van der Waals surface area (Å²) in [6.45, 7) is 2.56. The van der Waals surface area contributed by atoms with Crippen LogP contribution < -0.4 is 10.6 Å². The number of nitrogens with one attached hydrogen (secondary N) is 2. The molecule has 0 atom stereocenters. The van der Waals surface area contributed by atoms with Crippen molar-refractivity contribution in [3.05, 3.63) is 11.8 Å². The van der Waals surface area contributed by atoms with Crippen LogP contribution in [0.4, 0.5) is 0 Å². The highest BCUT2D eigenvalue weighted by atomic mass is 16.5. The molecule has 0 aromatic heterocycles. The number of rotatable bonds is 8. The van der Waals surface area contributed by atoms with Crippen molar-refractivity contribution in [3.63, 3.8) is 0 Å². The van der Waals surface area contributed by atoms with Gasteiger partial charge >= 0.3 is 5.97 Å². The molecule has 0 saturated carbocycles. The lowest BCUT2D eigenvalue weighted by atomic mass is 10.3. The van der Waals surface area contributed by atoms with Crippen molar-refractivity contribution in [1.29, 1.82) is 5.26 Å². The van der Waals surface area contributed by atoms with E-state index in [2.05, 4.69) is 15.4 Å². The standard InChI is InChI=1S/C11H17N3O4/c1-3-18-10(15)8-13-7-9(6-12)11(16)14-4-5-17-2/h7,13H,3-5,8H2,1-2H3,(H,14,16)/b9-7-. The molecule has 0 fully saturated rings. The second-order valence-corrected chi connectivity index (χ2v) is 3.10. The fourth-order valence-corrected chi connectivity index (χ4v) is 0.959. The van der Waals surface area contributed by atoms with E-state index in [1.807, 2.05) is 0 Å². The number of carbonyl (C=O) groups excluding carboxylic acids is 2. The molecule has 0 aromatic rings. The number of hydrogen-bond donors (Lipinski definition) is 2. The van der Waals surface area contributed by atoms with Crippen LogP contribution in [0, 0.1) is 11.3 Å². The van der Waals surface area contributed by atoms with Crippen molar-refractivity contribution in [2.75, 3.05) is 33.4 Å². The highest BCUT2D eigenvalue weighted by molar-refractivity contribution is 5.97. The predicted octanol–water partition coefficient (Wildman–Crippen LogP) is -0.691. The maximum atomic E-state index is 11.4. The van der Waals surface area contributed by atoms with Crippen LogP contribution in [0.5, 0.6) is 0 Å². The summed E-state index contributed by atoms with van der Waals surface area (Å²) in [5, 5.41) is 13.8. The topological polar surface area (TPSA) is 100 Å². The molecule has 0 saturated heterocycles. The zero-order valence-electron chi connectivity index (χ0n) is 10.5. The third kappa shape index (κ3) is 7.24. The van der Waals surface area contributed by atoms with Crippen molar-refractivity contribution < 1.29 is 19.1 Å². The molecular weight excluding hydrogens is 238 g/mol. The van der Waals surface area contributed by atoms with Crippen molar-refractivity contribution >= 4 is 11.9 Å². The number of amides is 1. The summed E-state index contributed by atoms with van der Waals surface area (Å²) in [7, 11) is 1.51. The van der Waals surface area contributed by atoms with Crippen LogP contribution in [0.3, 0.4) is 0 Å². The fraction of sp³-hybridized carbons (Fsp3) is 0.545. The Kier molecular flexibility index (Phi) is 8.95. The lowest BCUT2D eigenvalue weighted by Gasteiger charge is -2.04. The van der Waals surface area contributed by atoms with E-state index in [-0.39, 0.29) is 18.7 Å². The van der Waals surface area contributed by atoms with Crippen LogP contribution in [-0.2, 0) is 19.1 Å². The number of ether oxygens (including phenoxy) is 2. The Labute approximate surface area is 106 Å². The number of nitriles is 1. The van der Waals surface area contributed by atoms with E-state index in [1.54, 1.807) is 13.0 Å². The summed E-state index contributed by atoms with van der Waals surface area (Å²) >= 11 is 0. The largest absolute Gasteiger partial charge is 0.465 e. The summed E-state index contributed by atoms with van der Waals surface area (Å²) in [5.41, 5.74) is -0.115. The zero-order chi connectivity index (χ0) is 13.8. The van der Waals surface area contributed by atoms with E-state index in [9.17, 15) is 9.59 Å². The minimum absolute atomic E-state index is 0.0929. The first-order valence-electron chi connectivity index (χ1n) is 5.42. The molecule has 0 heterocycles. The summed E-state index contributed by atoms with van der Waals surface area (Å²) in [4.78, 5) is 22.4. The first-order chi connectivity index (χ1) is 8.65. The van der Waals surface area contributed by atoms with Gasteiger partial charge in [0, 0.05) is 19.9 Å². The number of methoxy groups -OCH3 is 1. The molecule has 1 amide bonds. The van der Waals surface area contributed by atoms with Gasteiger partial charge in [-0.3, -0.25) is 9.59 Å². The van der Waals surface area contributed by atoms with Gasteiger partial charge in [0.15, 0.2) is 0 Å². The van der Waals surface area contributed by atoms with Crippen LogP contribution >= 0.6 is 0 Å². The monoisotopic (exact) mass is 255 g/mol. The lowest BCUT2D eigenvalue weighted by Crippen LogP contribution is -2.29. The first kappa shape index (κ1) is 15.9. The number of carbonyl (C=O) groups is 2. The predicted molar refractivity (Wildman–Crippen MR) is 63.2 cm³/mol. The summed E-state index contributed by atoms with van der Waals surface area (Å²) in [6.07, 6.45) is 1.18. The number of esters is 1. The maximum Gasteiger partial charge on any atom is 0.325 e. The minimum atomic E-state index is -0.522. The summed E-state index contributed by atoms with van der Waals surface area (Å²) in [6, 6.07) is 1.73. The molecule has 0 aliphatic carbocycles. The molecule has 100 valence electrons. The molecular formula is C11H17N3O4. The second kappa shape index (κ2) is 10.1. The Hall–Kier alpha value is -2.07. The van der Waals surface area contributed by atoms with Gasteiger partial charge in [0.25, 0.3) is 5.91 Å². The molecule has 0 rings (SSSR count). The third-order valence-corrected chi connectivity index (χ3v) is 1.75. The quantitative estimate of drug-likeness (QED) is 0.258. The van der Waals surface area contributed by atoms with Gasteiger partial charge in [-0.1, -0.05) is 0 Å². The Morgan fingerprint density at radius 3 is 2.72 bits per heavy atom. The van der Waals surface area contributed by atoms with Crippen molar-refractivity contribution in [3.8, 4) is 6.07 Å². The SMILES string of the molecule is CCOC(=O)CN/C=C(/C#N)C(=O)NCCOC. The van der Waals surface area contributed by atoms with Gasteiger partial charge in [0.05, 0.1) is 13.2 Å². The normalized spacial score (nSPS) is 10.4. The van der Waals surface area contributed by atoms with Crippen LogP contribution in [0.1, 0.15) is 6.92 Å². The van der Waals surface area contributed by atoms with Gasteiger partial charge in [-0.05, 0) is 6.92 Å². The highest BCUT2D eigenvalue weighted by Gasteiger charge is 2.08. The van der Waals surface area contributed by atoms with Gasteiger partial charge in [-0.25, -0.2) is 0 Å². The smallest absolute Gasteiger partial charge is 0.325 e. The Bertz CT molecular complexity index is 347. The van der Waals surface area contributed by atoms with Gasteiger partial charge in [0.2, 0.25) is 0 Å². The van der Waals surface area contributed by atoms with E-state index in [0.717, 1.165) is 0 Å². The van der Waals surface area contributed by atoms with Gasteiger partial charge in [0.1, 0.15) is 18.2 Å². The highest BCUT2D eigenvalue weighted by Crippen LogP contribution is 1.90. The molecule has 0 unspecified atom stereocenters. The van der Waals surface area contributed by atoms with Gasteiger partial charge in [-0.15, -0.1) is 0 Å². The van der Waals surface area contributed by atoms with E-state index in [0.29, 0.717) is 13.2 Å². The van der Waals surface area contributed by atoms with Crippen molar-refractivity contribution in [2.45, 2.75) is 6.92 Å². The van der Waals surface area contributed by atoms with E-state index in [1.165, 1.54) is 13.3 Å². The third-order valence-electron chi connectivity index (χ3n) is 1.75. The molecule has 7 nitrogen and oxygen atoms in total. The average molecular weight is 255 g/mol. The van der Waals surface area contributed by atoms with E-state index >= 15 is 0 Å². The molecule has 0 aliphatic heterocycles. The van der Waals surface area contributed by atoms with Gasteiger partial charge < -0.3 is 20.1 Å². The Morgan fingerprint density at radius 1 is 1.44 bits per heavy atom. The van der Waals surface area contributed by atoms with Crippen LogP contribution in [-0.4, -0.2) is 45.3 Å². The maximum absolute atomic E-state index is 11.4. The van der Waals surface area contributed by atoms with E-state index in [4.69, 9.17) is 10.00 Å². The summed E-state index contributed by atoms with van der Waals surface area (Å²) < 4.78 is 9.42.